The van der Waals surface area contributed by atoms with E-state index in [0.29, 0.717) is 10.6 Å². The minimum atomic E-state index is 0.647. The molecule has 2 aromatic rings. The van der Waals surface area contributed by atoms with Crippen LogP contribution in [0.15, 0.2) is 41.6 Å². The number of rotatable bonds is 3. The number of pyridine rings is 1. The summed E-state index contributed by atoms with van der Waals surface area (Å²) in [6.45, 7) is 2.02. The highest BCUT2D eigenvalue weighted by molar-refractivity contribution is 7.98. The second-order valence-electron chi connectivity index (χ2n) is 3.86. The molecule has 0 atom stereocenters. The van der Waals surface area contributed by atoms with Gasteiger partial charge in [-0.1, -0.05) is 17.7 Å². The summed E-state index contributed by atoms with van der Waals surface area (Å²) in [6, 6.07) is 11.6. The third-order valence-electron chi connectivity index (χ3n) is 2.55. The maximum atomic E-state index is 8.81. The second-order valence-corrected chi connectivity index (χ2v) is 5.29. The lowest BCUT2D eigenvalue weighted by atomic mass is 10.1. The first kappa shape index (κ1) is 12.9. The SMILES string of the molecule is Cc1cc(C#N)ccc1CSc1ccc(Cl)cn1. The molecule has 0 fully saturated rings. The van der Waals surface area contributed by atoms with Gasteiger partial charge in [0.05, 0.1) is 21.7 Å². The standard InChI is InChI=1S/C14H11ClN2S/c1-10-6-11(7-16)2-3-12(10)9-18-14-5-4-13(15)8-17-14/h2-6,8H,9H2,1H3. The molecule has 1 heterocycles. The van der Waals surface area contributed by atoms with Gasteiger partial charge in [0.15, 0.2) is 0 Å². The molecule has 90 valence electrons. The fraction of sp³-hybridized carbons (Fsp3) is 0.143. The van der Waals surface area contributed by atoms with Crippen molar-refractivity contribution in [3.8, 4) is 6.07 Å². The molecule has 0 radical (unpaired) electrons. The van der Waals surface area contributed by atoms with Crippen LogP contribution in [0.4, 0.5) is 0 Å². The van der Waals surface area contributed by atoms with Crippen LogP contribution in [0.3, 0.4) is 0 Å². The Morgan fingerprint density at radius 3 is 2.78 bits per heavy atom. The van der Waals surface area contributed by atoms with Gasteiger partial charge in [0.1, 0.15) is 0 Å². The Kier molecular flexibility index (Phi) is 4.24. The molecule has 0 amide bonds. The van der Waals surface area contributed by atoms with Gasteiger partial charge in [-0.05, 0) is 42.3 Å². The summed E-state index contributed by atoms with van der Waals surface area (Å²) in [5, 5.41) is 10.4. The number of aromatic nitrogens is 1. The second kappa shape index (κ2) is 5.90. The van der Waals surface area contributed by atoms with E-state index in [2.05, 4.69) is 11.1 Å². The molecule has 0 spiro atoms. The summed E-state index contributed by atoms with van der Waals surface area (Å²) in [6.07, 6.45) is 1.65. The van der Waals surface area contributed by atoms with E-state index in [4.69, 9.17) is 16.9 Å². The van der Waals surface area contributed by atoms with Crippen LogP contribution in [-0.2, 0) is 5.75 Å². The summed E-state index contributed by atoms with van der Waals surface area (Å²) in [4.78, 5) is 4.24. The zero-order valence-corrected chi connectivity index (χ0v) is 11.4. The number of aryl methyl sites for hydroxylation is 1. The summed E-state index contributed by atoms with van der Waals surface area (Å²) in [7, 11) is 0. The molecule has 0 aliphatic rings. The van der Waals surface area contributed by atoms with Crippen molar-refractivity contribution in [3.63, 3.8) is 0 Å². The maximum absolute atomic E-state index is 8.81. The fourth-order valence-corrected chi connectivity index (χ4v) is 2.56. The van der Waals surface area contributed by atoms with Crippen molar-refractivity contribution < 1.29 is 0 Å². The zero-order valence-electron chi connectivity index (χ0n) is 9.85. The third-order valence-corrected chi connectivity index (χ3v) is 3.76. The Morgan fingerprint density at radius 1 is 1.33 bits per heavy atom. The first-order valence-electron chi connectivity index (χ1n) is 5.43. The van der Waals surface area contributed by atoms with Crippen molar-refractivity contribution in [1.82, 2.24) is 4.98 Å². The van der Waals surface area contributed by atoms with E-state index < -0.39 is 0 Å². The molecule has 2 rings (SSSR count). The van der Waals surface area contributed by atoms with Gasteiger partial charge in [-0.3, -0.25) is 0 Å². The molecule has 0 saturated heterocycles. The number of hydrogen-bond donors (Lipinski definition) is 0. The number of nitrogens with zero attached hydrogens (tertiary/aromatic N) is 2. The molecule has 1 aromatic carbocycles. The van der Waals surface area contributed by atoms with Crippen molar-refractivity contribution in [1.29, 1.82) is 5.26 Å². The molecule has 0 saturated carbocycles. The molecule has 18 heavy (non-hydrogen) atoms. The Labute approximate surface area is 116 Å². The molecular weight excluding hydrogens is 264 g/mol. The Morgan fingerprint density at radius 2 is 2.17 bits per heavy atom. The molecule has 1 aromatic heterocycles. The van der Waals surface area contributed by atoms with E-state index >= 15 is 0 Å². The number of nitriles is 1. The van der Waals surface area contributed by atoms with Crippen molar-refractivity contribution in [2.24, 2.45) is 0 Å². The predicted molar refractivity (Wildman–Crippen MR) is 74.7 cm³/mol. The van der Waals surface area contributed by atoms with Crippen LogP contribution in [0.5, 0.6) is 0 Å². The van der Waals surface area contributed by atoms with E-state index in [1.54, 1.807) is 18.0 Å². The summed E-state index contributed by atoms with van der Waals surface area (Å²) >= 11 is 7.44. The molecular formula is C14H11ClN2S. The quantitative estimate of drug-likeness (QED) is 0.787. The molecule has 0 unspecified atom stereocenters. The third kappa shape index (κ3) is 3.25. The smallest absolute Gasteiger partial charge is 0.0991 e. The summed E-state index contributed by atoms with van der Waals surface area (Å²) < 4.78 is 0. The average Bonchev–Trinajstić information content (AvgIpc) is 2.39. The normalized spacial score (nSPS) is 10.1. The average molecular weight is 275 g/mol. The van der Waals surface area contributed by atoms with Gasteiger partial charge in [0.25, 0.3) is 0 Å². The molecule has 0 aliphatic carbocycles. The molecule has 2 nitrogen and oxygen atoms in total. The molecule has 4 heteroatoms. The van der Waals surface area contributed by atoms with E-state index in [1.807, 2.05) is 37.3 Å². The van der Waals surface area contributed by atoms with Crippen molar-refractivity contribution in [2.45, 2.75) is 17.7 Å². The van der Waals surface area contributed by atoms with Crippen LogP contribution >= 0.6 is 23.4 Å². The largest absolute Gasteiger partial charge is 0.248 e. The fourth-order valence-electron chi connectivity index (χ4n) is 1.53. The lowest BCUT2D eigenvalue weighted by molar-refractivity contribution is 1.13. The number of benzene rings is 1. The predicted octanol–water partition coefficient (Wildman–Crippen LogP) is 4.21. The highest BCUT2D eigenvalue weighted by Crippen LogP contribution is 2.23. The van der Waals surface area contributed by atoms with Gasteiger partial charge in [0.2, 0.25) is 0 Å². The van der Waals surface area contributed by atoms with Crippen LogP contribution in [0.2, 0.25) is 5.02 Å². The lowest BCUT2D eigenvalue weighted by Gasteiger charge is -2.05. The van der Waals surface area contributed by atoms with E-state index in [0.717, 1.165) is 16.3 Å². The first-order chi connectivity index (χ1) is 8.69. The molecule has 0 bridgehead atoms. The van der Waals surface area contributed by atoms with Crippen LogP contribution in [0.25, 0.3) is 0 Å². The van der Waals surface area contributed by atoms with Gasteiger partial charge < -0.3 is 0 Å². The monoisotopic (exact) mass is 274 g/mol. The molecule has 0 N–H and O–H groups in total. The van der Waals surface area contributed by atoms with Crippen molar-refractivity contribution in [2.75, 3.05) is 0 Å². The topological polar surface area (TPSA) is 36.7 Å². The van der Waals surface area contributed by atoms with Crippen LogP contribution < -0.4 is 0 Å². The molecule has 0 aliphatic heterocycles. The van der Waals surface area contributed by atoms with E-state index in [1.165, 1.54) is 5.56 Å². The summed E-state index contributed by atoms with van der Waals surface area (Å²) in [5.41, 5.74) is 3.05. The Hall–Kier alpha value is -1.50. The van der Waals surface area contributed by atoms with Crippen LogP contribution in [-0.4, -0.2) is 4.98 Å². The highest BCUT2D eigenvalue weighted by Gasteiger charge is 2.02. The number of hydrogen-bond acceptors (Lipinski definition) is 3. The Balaban J connectivity index is 2.06. The summed E-state index contributed by atoms with van der Waals surface area (Å²) in [5.74, 6) is 0.839. The van der Waals surface area contributed by atoms with Gasteiger partial charge >= 0.3 is 0 Å². The Bertz CT molecular complexity index is 588. The van der Waals surface area contributed by atoms with Crippen molar-refractivity contribution in [3.05, 3.63) is 58.2 Å². The van der Waals surface area contributed by atoms with Gasteiger partial charge in [-0.2, -0.15) is 5.26 Å². The van der Waals surface area contributed by atoms with Gasteiger partial charge in [-0.15, -0.1) is 11.8 Å². The van der Waals surface area contributed by atoms with Gasteiger partial charge in [-0.25, -0.2) is 4.98 Å². The number of thioether (sulfide) groups is 1. The zero-order chi connectivity index (χ0) is 13.0. The van der Waals surface area contributed by atoms with E-state index in [9.17, 15) is 0 Å². The minimum Gasteiger partial charge on any atom is -0.248 e. The first-order valence-corrected chi connectivity index (χ1v) is 6.79. The maximum Gasteiger partial charge on any atom is 0.0991 e. The van der Waals surface area contributed by atoms with Crippen LogP contribution in [0, 0.1) is 18.3 Å². The minimum absolute atomic E-state index is 0.647. The van der Waals surface area contributed by atoms with Gasteiger partial charge in [0, 0.05) is 11.9 Å². The highest BCUT2D eigenvalue weighted by atomic mass is 35.5. The van der Waals surface area contributed by atoms with E-state index in [-0.39, 0.29) is 0 Å². The lowest BCUT2D eigenvalue weighted by Crippen LogP contribution is -1.88. The number of halogens is 1. The van der Waals surface area contributed by atoms with Crippen LogP contribution in [0.1, 0.15) is 16.7 Å². The van der Waals surface area contributed by atoms with Crippen molar-refractivity contribution >= 4 is 23.4 Å².